The number of hydrogen-bond donors (Lipinski definition) is 0. The van der Waals surface area contributed by atoms with Gasteiger partial charge in [-0.1, -0.05) is 12.1 Å². The van der Waals surface area contributed by atoms with E-state index in [9.17, 15) is 4.79 Å². The molecule has 132 valence electrons. The molecule has 0 N–H and O–H groups in total. The van der Waals surface area contributed by atoms with Crippen LogP contribution in [0.25, 0.3) is 27.9 Å². The van der Waals surface area contributed by atoms with E-state index >= 15 is 0 Å². The van der Waals surface area contributed by atoms with Gasteiger partial charge in [-0.05, 0) is 37.3 Å². The standard InChI is InChI=1S/C20H19N3O3/c1-4-22-19(24)14-7-5-6-8-15(14)23-16(12-21-20(22)23)13-9-10-17(25-2)18(11-13)26-3/h5-12H,4H2,1-3H3. The van der Waals surface area contributed by atoms with Crippen molar-refractivity contribution >= 4 is 16.7 Å². The summed E-state index contributed by atoms with van der Waals surface area (Å²) in [6.07, 6.45) is 1.79. The van der Waals surface area contributed by atoms with Crippen LogP contribution in [-0.2, 0) is 6.54 Å². The molecular weight excluding hydrogens is 330 g/mol. The molecule has 0 saturated heterocycles. The first-order valence-corrected chi connectivity index (χ1v) is 8.41. The van der Waals surface area contributed by atoms with Crippen molar-refractivity contribution in [2.75, 3.05) is 14.2 Å². The summed E-state index contributed by atoms with van der Waals surface area (Å²) in [6.45, 7) is 2.50. The number of nitrogens with zero attached hydrogens (tertiary/aromatic N) is 3. The highest BCUT2D eigenvalue weighted by Crippen LogP contribution is 2.33. The van der Waals surface area contributed by atoms with Gasteiger partial charge in [0.25, 0.3) is 5.56 Å². The minimum atomic E-state index is -0.0277. The maximum atomic E-state index is 12.8. The Kier molecular flexibility index (Phi) is 3.88. The van der Waals surface area contributed by atoms with Crippen molar-refractivity contribution in [3.05, 3.63) is 59.0 Å². The van der Waals surface area contributed by atoms with Gasteiger partial charge in [0.1, 0.15) is 0 Å². The zero-order chi connectivity index (χ0) is 18.3. The predicted octanol–water partition coefficient (Wildman–Crippen LogP) is 3.35. The molecule has 0 spiro atoms. The van der Waals surface area contributed by atoms with Crippen LogP contribution in [0, 0.1) is 0 Å². The molecule has 26 heavy (non-hydrogen) atoms. The maximum absolute atomic E-state index is 12.8. The van der Waals surface area contributed by atoms with Crippen LogP contribution in [0.15, 0.2) is 53.5 Å². The number of fused-ring (bicyclic) bond motifs is 3. The highest BCUT2D eigenvalue weighted by molar-refractivity contribution is 5.83. The van der Waals surface area contributed by atoms with Crippen LogP contribution >= 0.6 is 0 Å². The Bertz CT molecular complexity index is 1170. The molecule has 0 atom stereocenters. The number of hydrogen-bond acceptors (Lipinski definition) is 4. The Morgan fingerprint density at radius 3 is 2.54 bits per heavy atom. The molecule has 6 nitrogen and oxygen atoms in total. The number of rotatable bonds is 4. The van der Waals surface area contributed by atoms with Crippen LogP contribution in [0.2, 0.25) is 0 Å². The average molecular weight is 349 g/mol. The van der Waals surface area contributed by atoms with Gasteiger partial charge in [0, 0.05) is 12.1 Å². The van der Waals surface area contributed by atoms with Crippen LogP contribution in [0.3, 0.4) is 0 Å². The van der Waals surface area contributed by atoms with E-state index in [1.807, 2.05) is 53.8 Å². The van der Waals surface area contributed by atoms with Crippen molar-refractivity contribution in [3.8, 4) is 22.8 Å². The lowest BCUT2D eigenvalue weighted by atomic mass is 10.1. The molecule has 4 rings (SSSR count). The molecule has 4 aromatic rings. The molecule has 2 aromatic heterocycles. The van der Waals surface area contributed by atoms with E-state index in [1.165, 1.54) is 0 Å². The van der Waals surface area contributed by atoms with Crippen molar-refractivity contribution in [1.29, 1.82) is 0 Å². The highest BCUT2D eigenvalue weighted by atomic mass is 16.5. The molecule has 0 bridgehead atoms. The van der Waals surface area contributed by atoms with Crippen molar-refractivity contribution < 1.29 is 9.47 Å². The van der Waals surface area contributed by atoms with Gasteiger partial charge in [-0.15, -0.1) is 0 Å². The third kappa shape index (κ3) is 2.26. The van der Waals surface area contributed by atoms with Crippen molar-refractivity contribution in [3.63, 3.8) is 0 Å². The van der Waals surface area contributed by atoms with Crippen LogP contribution in [0.5, 0.6) is 11.5 Å². The molecule has 6 heteroatoms. The molecule has 2 aromatic carbocycles. The van der Waals surface area contributed by atoms with E-state index in [0.717, 1.165) is 16.8 Å². The largest absolute Gasteiger partial charge is 0.493 e. The Balaban J connectivity index is 2.10. The lowest BCUT2D eigenvalue weighted by Gasteiger charge is -2.12. The number of aryl methyl sites for hydroxylation is 1. The quantitative estimate of drug-likeness (QED) is 0.567. The number of benzene rings is 2. The Morgan fingerprint density at radius 1 is 1.04 bits per heavy atom. The molecule has 0 aliphatic rings. The number of ether oxygens (including phenoxy) is 2. The van der Waals surface area contributed by atoms with Gasteiger partial charge < -0.3 is 9.47 Å². The van der Waals surface area contributed by atoms with Gasteiger partial charge in [0.15, 0.2) is 11.5 Å². The summed E-state index contributed by atoms with van der Waals surface area (Å²) >= 11 is 0. The van der Waals surface area contributed by atoms with Gasteiger partial charge in [-0.3, -0.25) is 13.8 Å². The van der Waals surface area contributed by atoms with Crippen molar-refractivity contribution in [2.24, 2.45) is 0 Å². The van der Waals surface area contributed by atoms with Gasteiger partial charge in [-0.2, -0.15) is 0 Å². The van der Waals surface area contributed by atoms with E-state index in [4.69, 9.17) is 9.47 Å². The molecular formula is C20H19N3O3. The second-order valence-electron chi connectivity index (χ2n) is 5.92. The predicted molar refractivity (Wildman–Crippen MR) is 101 cm³/mol. The van der Waals surface area contributed by atoms with Crippen LogP contribution in [0.4, 0.5) is 0 Å². The zero-order valence-electron chi connectivity index (χ0n) is 14.9. The second kappa shape index (κ2) is 6.22. The third-order valence-corrected chi connectivity index (χ3v) is 4.60. The summed E-state index contributed by atoms with van der Waals surface area (Å²) < 4.78 is 14.5. The molecule has 0 saturated carbocycles. The maximum Gasteiger partial charge on any atom is 0.262 e. The normalized spacial score (nSPS) is 11.2. The Morgan fingerprint density at radius 2 is 1.81 bits per heavy atom. The topological polar surface area (TPSA) is 57.8 Å². The molecule has 0 unspecified atom stereocenters. The van der Waals surface area contributed by atoms with Gasteiger partial charge >= 0.3 is 0 Å². The molecule has 0 aliphatic heterocycles. The summed E-state index contributed by atoms with van der Waals surface area (Å²) in [5.41, 5.74) is 2.63. The Labute approximate surface area is 150 Å². The SMILES string of the molecule is CCn1c(=O)c2ccccc2n2c(-c3ccc(OC)c(OC)c3)cnc12. The number of imidazole rings is 1. The molecule has 0 radical (unpaired) electrons. The second-order valence-corrected chi connectivity index (χ2v) is 5.92. The van der Waals surface area contributed by atoms with Gasteiger partial charge in [0.2, 0.25) is 5.78 Å². The summed E-state index contributed by atoms with van der Waals surface area (Å²) in [5.74, 6) is 1.94. The highest BCUT2D eigenvalue weighted by Gasteiger charge is 2.16. The van der Waals surface area contributed by atoms with E-state index in [1.54, 1.807) is 25.0 Å². The Hall–Kier alpha value is -3.28. The third-order valence-electron chi connectivity index (χ3n) is 4.60. The number of aromatic nitrogens is 3. The van der Waals surface area contributed by atoms with Gasteiger partial charge in [-0.25, -0.2) is 4.98 Å². The first kappa shape index (κ1) is 16.2. The fourth-order valence-corrected chi connectivity index (χ4v) is 3.34. The molecule has 0 amide bonds. The first-order valence-electron chi connectivity index (χ1n) is 8.41. The summed E-state index contributed by atoms with van der Waals surface area (Å²) in [6, 6.07) is 13.3. The van der Waals surface area contributed by atoms with Crippen LogP contribution < -0.4 is 15.0 Å². The summed E-state index contributed by atoms with van der Waals surface area (Å²) in [4.78, 5) is 17.3. The van der Waals surface area contributed by atoms with Crippen LogP contribution in [-0.4, -0.2) is 28.2 Å². The fraction of sp³-hybridized carbons (Fsp3) is 0.200. The van der Waals surface area contributed by atoms with Gasteiger partial charge in [0.05, 0.1) is 37.0 Å². The van der Waals surface area contributed by atoms with Crippen molar-refractivity contribution in [2.45, 2.75) is 13.5 Å². The molecule has 2 heterocycles. The van der Waals surface area contributed by atoms with E-state index in [-0.39, 0.29) is 5.56 Å². The fourth-order valence-electron chi connectivity index (χ4n) is 3.34. The lowest BCUT2D eigenvalue weighted by molar-refractivity contribution is 0.355. The lowest BCUT2D eigenvalue weighted by Crippen LogP contribution is -2.22. The van der Waals surface area contributed by atoms with E-state index in [2.05, 4.69) is 4.98 Å². The number of methoxy groups -OCH3 is 2. The summed E-state index contributed by atoms with van der Waals surface area (Å²) in [7, 11) is 3.22. The van der Waals surface area contributed by atoms with Crippen LogP contribution in [0.1, 0.15) is 6.92 Å². The van der Waals surface area contributed by atoms with E-state index < -0.39 is 0 Å². The van der Waals surface area contributed by atoms with E-state index in [0.29, 0.717) is 29.2 Å². The van der Waals surface area contributed by atoms with Crippen molar-refractivity contribution in [1.82, 2.24) is 14.0 Å². The smallest absolute Gasteiger partial charge is 0.262 e. The zero-order valence-corrected chi connectivity index (χ0v) is 14.9. The molecule has 0 aliphatic carbocycles. The first-order chi connectivity index (χ1) is 12.7. The monoisotopic (exact) mass is 349 g/mol. The number of para-hydroxylation sites is 1. The minimum absolute atomic E-state index is 0.0277. The molecule has 0 fully saturated rings. The minimum Gasteiger partial charge on any atom is -0.493 e. The average Bonchev–Trinajstić information content (AvgIpc) is 3.13. The summed E-state index contributed by atoms with van der Waals surface area (Å²) in [5, 5.41) is 0.668.